The van der Waals surface area contributed by atoms with Crippen molar-refractivity contribution in [1.82, 2.24) is 4.90 Å². The van der Waals surface area contributed by atoms with Crippen molar-refractivity contribution in [2.45, 2.75) is 25.0 Å². The number of likely N-dealkylation sites (tertiary alicyclic amines) is 1. The van der Waals surface area contributed by atoms with Crippen molar-refractivity contribution in [3.63, 3.8) is 0 Å². The molecule has 3 rings (SSSR count). The third-order valence-corrected chi connectivity index (χ3v) is 7.60. The SMILES string of the molecule is O=C(O)[C@@]1(Cc2ccccc2)CN(C2CSCCSC2)CC[C@@H]1O. The van der Waals surface area contributed by atoms with Crippen molar-refractivity contribution >= 4 is 29.5 Å². The summed E-state index contributed by atoms with van der Waals surface area (Å²) in [7, 11) is 0. The first-order valence-corrected chi connectivity index (χ1v) is 10.8. The highest BCUT2D eigenvalue weighted by Crippen LogP contribution is 2.36. The van der Waals surface area contributed by atoms with E-state index in [1.54, 1.807) is 0 Å². The minimum absolute atomic E-state index is 0.383. The Balaban J connectivity index is 1.81. The normalized spacial score (nSPS) is 30.0. The smallest absolute Gasteiger partial charge is 0.313 e. The molecule has 2 atom stereocenters. The molecule has 0 aliphatic carbocycles. The molecule has 2 saturated heterocycles. The monoisotopic (exact) mass is 367 g/mol. The first-order valence-electron chi connectivity index (χ1n) is 8.47. The third kappa shape index (κ3) is 3.93. The van der Waals surface area contributed by atoms with Gasteiger partial charge in [0.1, 0.15) is 5.41 Å². The van der Waals surface area contributed by atoms with Crippen LogP contribution in [0.3, 0.4) is 0 Å². The van der Waals surface area contributed by atoms with E-state index in [9.17, 15) is 15.0 Å². The van der Waals surface area contributed by atoms with Crippen molar-refractivity contribution in [2.75, 3.05) is 36.1 Å². The van der Waals surface area contributed by atoms with Crippen LogP contribution in [0.2, 0.25) is 0 Å². The summed E-state index contributed by atoms with van der Waals surface area (Å²) in [5.41, 5.74) is -0.133. The van der Waals surface area contributed by atoms with E-state index in [4.69, 9.17) is 0 Å². The topological polar surface area (TPSA) is 60.8 Å². The third-order valence-electron chi connectivity index (χ3n) is 5.11. The molecule has 6 heteroatoms. The van der Waals surface area contributed by atoms with Gasteiger partial charge < -0.3 is 10.2 Å². The lowest BCUT2D eigenvalue weighted by molar-refractivity contribution is -0.164. The van der Waals surface area contributed by atoms with Crippen LogP contribution < -0.4 is 0 Å². The maximum absolute atomic E-state index is 12.2. The Labute approximate surface area is 152 Å². The number of carboxylic acid groups (broad SMARTS) is 1. The first kappa shape index (κ1) is 18.1. The largest absolute Gasteiger partial charge is 0.481 e. The lowest BCUT2D eigenvalue weighted by atomic mass is 9.72. The van der Waals surface area contributed by atoms with Crippen LogP contribution in [0.15, 0.2) is 30.3 Å². The maximum Gasteiger partial charge on any atom is 0.313 e. The Kier molecular flexibility index (Phi) is 6.13. The molecule has 0 saturated carbocycles. The molecule has 4 nitrogen and oxygen atoms in total. The van der Waals surface area contributed by atoms with Gasteiger partial charge in [0.15, 0.2) is 0 Å². The first-order chi connectivity index (χ1) is 11.6. The molecule has 132 valence electrons. The van der Waals surface area contributed by atoms with Crippen molar-refractivity contribution in [1.29, 1.82) is 0 Å². The van der Waals surface area contributed by atoms with Gasteiger partial charge in [-0.15, -0.1) is 0 Å². The molecular weight excluding hydrogens is 342 g/mol. The van der Waals surface area contributed by atoms with E-state index in [1.807, 2.05) is 53.9 Å². The van der Waals surface area contributed by atoms with Crippen molar-refractivity contribution < 1.29 is 15.0 Å². The fraction of sp³-hybridized carbons (Fsp3) is 0.611. The molecule has 2 aliphatic rings. The standard InChI is InChI=1S/C18H25NO3S2/c20-16-6-7-19(15-11-23-8-9-24-12-15)13-18(16,17(21)22)10-14-4-2-1-3-5-14/h1-5,15-16,20H,6-13H2,(H,21,22)/t16-,18-/m0/s1. The molecule has 0 spiro atoms. The van der Waals surface area contributed by atoms with Crippen LogP contribution in [0.5, 0.6) is 0 Å². The lowest BCUT2D eigenvalue weighted by Crippen LogP contribution is -2.59. The van der Waals surface area contributed by atoms with Crippen LogP contribution in [-0.4, -0.2) is 69.3 Å². The molecule has 0 radical (unpaired) electrons. The summed E-state index contributed by atoms with van der Waals surface area (Å²) in [5.74, 6) is 3.59. The van der Waals surface area contributed by atoms with Gasteiger partial charge in [-0.25, -0.2) is 0 Å². The van der Waals surface area contributed by atoms with Gasteiger partial charge >= 0.3 is 5.97 Å². The van der Waals surface area contributed by atoms with Gasteiger partial charge in [-0.1, -0.05) is 30.3 Å². The van der Waals surface area contributed by atoms with Crippen LogP contribution in [-0.2, 0) is 11.2 Å². The van der Waals surface area contributed by atoms with Gasteiger partial charge in [-0.05, 0) is 18.4 Å². The summed E-state index contributed by atoms with van der Waals surface area (Å²) >= 11 is 3.92. The van der Waals surface area contributed by atoms with E-state index in [2.05, 4.69) is 4.90 Å². The summed E-state index contributed by atoms with van der Waals surface area (Å²) in [6.45, 7) is 1.22. The Morgan fingerprint density at radius 2 is 1.88 bits per heavy atom. The minimum atomic E-state index is -1.11. The summed E-state index contributed by atoms with van der Waals surface area (Å²) in [4.78, 5) is 14.5. The second-order valence-corrected chi connectivity index (χ2v) is 9.00. The molecule has 0 bridgehead atoms. The number of hydrogen-bond donors (Lipinski definition) is 2. The number of aliphatic carboxylic acids is 1. The quantitative estimate of drug-likeness (QED) is 0.851. The van der Waals surface area contributed by atoms with Crippen LogP contribution in [0, 0.1) is 5.41 Å². The zero-order valence-electron chi connectivity index (χ0n) is 13.8. The molecule has 1 aromatic carbocycles. The summed E-state index contributed by atoms with van der Waals surface area (Å²) in [5, 5.41) is 20.6. The van der Waals surface area contributed by atoms with E-state index in [0.717, 1.165) is 23.6 Å². The molecule has 2 heterocycles. The molecule has 0 aromatic heterocycles. The summed E-state index contributed by atoms with van der Waals surface area (Å²) < 4.78 is 0. The van der Waals surface area contributed by atoms with E-state index in [0.29, 0.717) is 25.4 Å². The minimum Gasteiger partial charge on any atom is -0.481 e. The zero-order valence-corrected chi connectivity index (χ0v) is 15.4. The average Bonchev–Trinajstić information content (AvgIpc) is 2.87. The maximum atomic E-state index is 12.2. The van der Waals surface area contributed by atoms with Crippen LogP contribution in [0.4, 0.5) is 0 Å². The van der Waals surface area contributed by atoms with Crippen molar-refractivity contribution in [3.05, 3.63) is 35.9 Å². The second-order valence-electron chi connectivity index (χ2n) is 6.70. The molecule has 2 N–H and O–H groups in total. The lowest BCUT2D eigenvalue weighted by Gasteiger charge is -2.46. The van der Waals surface area contributed by atoms with Gasteiger partial charge in [0.05, 0.1) is 6.10 Å². The van der Waals surface area contributed by atoms with Crippen molar-refractivity contribution in [2.24, 2.45) is 5.41 Å². The van der Waals surface area contributed by atoms with E-state index < -0.39 is 17.5 Å². The Bertz CT molecular complexity index is 548. The number of thioether (sulfide) groups is 2. The molecule has 0 unspecified atom stereocenters. The predicted octanol–water partition coefficient (Wildman–Crippen LogP) is 2.22. The van der Waals surface area contributed by atoms with Crippen LogP contribution in [0.25, 0.3) is 0 Å². The molecule has 1 aromatic rings. The summed E-state index contributed by atoms with van der Waals surface area (Å²) in [6.07, 6.45) is 0.122. The number of aliphatic hydroxyl groups excluding tert-OH is 1. The highest BCUT2D eigenvalue weighted by atomic mass is 32.2. The Hall–Kier alpha value is -0.690. The van der Waals surface area contributed by atoms with Gasteiger partial charge in [0.2, 0.25) is 0 Å². The van der Waals surface area contributed by atoms with Crippen LogP contribution in [0.1, 0.15) is 12.0 Å². The fourth-order valence-electron chi connectivity index (χ4n) is 3.66. The van der Waals surface area contributed by atoms with Gasteiger partial charge in [0, 0.05) is 42.1 Å². The number of nitrogens with zero attached hydrogens (tertiary/aromatic N) is 1. The van der Waals surface area contributed by atoms with Gasteiger partial charge in [0.25, 0.3) is 0 Å². The van der Waals surface area contributed by atoms with Crippen molar-refractivity contribution in [3.8, 4) is 0 Å². The molecule has 24 heavy (non-hydrogen) atoms. The zero-order chi connectivity index (χ0) is 17.0. The number of aliphatic hydroxyl groups is 1. The van der Waals surface area contributed by atoms with Gasteiger partial charge in [-0.3, -0.25) is 9.69 Å². The fourth-order valence-corrected chi connectivity index (χ4v) is 6.28. The van der Waals surface area contributed by atoms with E-state index >= 15 is 0 Å². The number of hydrogen-bond acceptors (Lipinski definition) is 5. The second kappa shape index (κ2) is 8.13. The number of piperidine rings is 1. The van der Waals surface area contributed by atoms with Crippen LogP contribution >= 0.6 is 23.5 Å². The molecule has 2 aliphatic heterocycles. The van der Waals surface area contributed by atoms with E-state index in [1.165, 1.54) is 11.5 Å². The molecule has 2 fully saturated rings. The number of rotatable bonds is 4. The highest BCUT2D eigenvalue weighted by Gasteiger charge is 2.50. The Morgan fingerprint density at radius 3 is 2.50 bits per heavy atom. The number of carboxylic acids is 1. The average molecular weight is 368 g/mol. The molecule has 0 amide bonds. The van der Waals surface area contributed by atoms with E-state index in [-0.39, 0.29) is 0 Å². The van der Waals surface area contributed by atoms with Gasteiger partial charge in [-0.2, -0.15) is 23.5 Å². The molecular formula is C18H25NO3S2. The number of carbonyl (C=O) groups is 1. The predicted molar refractivity (Wildman–Crippen MR) is 101 cm³/mol. The highest BCUT2D eigenvalue weighted by molar-refractivity contribution is 8.03. The number of benzene rings is 1. The summed E-state index contributed by atoms with van der Waals surface area (Å²) in [6, 6.07) is 10.1. The Morgan fingerprint density at radius 1 is 1.21 bits per heavy atom.